The van der Waals surface area contributed by atoms with Crippen LogP contribution in [-0.4, -0.2) is 4.98 Å². The Morgan fingerprint density at radius 2 is 1.53 bits per heavy atom. The van der Waals surface area contributed by atoms with Crippen molar-refractivity contribution in [2.45, 2.75) is 13.8 Å². The molecule has 0 unspecified atom stereocenters. The summed E-state index contributed by atoms with van der Waals surface area (Å²) in [6, 6.07) is 5.32. The third kappa shape index (κ3) is 2.42. The molecule has 1 aromatic heterocycles. The lowest BCUT2D eigenvalue weighted by Crippen LogP contribution is -1.93. The molecule has 0 spiro atoms. The van der Waals surface area contributed by atoms with Crippen molar-refractivity contribution >= 4 is 34.8 Å². The number of aromatic nitrogens is 1. The average molecular weight is 287 g/mol. The van der Waals surface area contributed by atoms with Crippen LogP contribution >= 0.6 is 34.8 Å². The monoisotopic (exact) mass is 285 g/mol. The highest BCUT2D eigenvalue weighted by atomic mass is 35.5. The molecule has 2 aromatic rings. The van der Waals surface area contributed by atoms with Gasteiger partial charge in [0, 0.05) is 28.0 Å². The molecular formula is C13H10Cl3N. The van der Waals surface area contributed by atoms with Crippen LogP contribution in [0.5, 0.6) is 0 Å². The van der Waals surface area contributed by atoms with E-state index in [4.69, 9.17) is 34.8 Å². The standard InChI is InChI=1S/C13H10Cl3N/c1-7-3-4-17-8(2)12(7)13-10(15)5-9(14)6-11(13)16/h3-6H,1-2H3. The van der Waals surface area contributed by atoms with E-state index in [0.29, 0.717) is 15.1 Å². The first-order valence-electron chi connectivity index (χ1n) is 5.08. The van der Waals surface area contributed by atoms with Crippen LogP contribution in [0.25, 0.3) is 11.1 Å². The zero-order valence-electron chi connectivity index (χ0n) is 9.39. The smallest absolute Gasteiger partial charge is 0.0514 e. The lowest BCUT2D eigenvalue weighted by molar-refractivity contribution is 1.18. The molecule has 0 bridgehead atoms. The van der Waals surface area contributed by atoms with Gasteiger partial charge in [-0.05, 0) is 37.6 Å². The highest BCUT2D eigenvalue weighted by Crippen LogP contribution is 2.39. The zero-order valence-corrected chi connectivity index (χ0v) is 11.7. The SMILES string of the molecule is Cc1ccnc(C)c1-c1c(Cl)cc(Cl)cc1Cl. The van der Waals surface area contributed by atoms with Crippen LogP contribution in [0.15, 0.2) is 24.4 Å². The van der Waals surface area contributed by atoms with Gasteiger partial charge in [0.05, 0.1) is 10.0 Å². The molecule has 4 heteroatoms. The van der Waals surface area contributed by atoms with Gasteiger partial charge in [0.15, 0.2) is 0 Å². The molecule has 0 aliphatic heterocycles. The molecule has 2 rings (SSSR count). The Balaban J connectivity index is 2.77. The quantitative estimate of drug-likeness (QED) is 0.691. The highest BCUT2D eigenvalue weighted by Gasteiger charge is 2.14. The third-order valence-corrected chi connectivity index (χ3v) is 3.42. The Kier molecular flexibility index (Phi) is 3.62. The third-order valence-electron chi connectivity index (χ3n) is 2.61. The van der Waals surface area contributed by atoms with E-state index < -0.39 is 0 Å². The summed E-state index contributed by atoms with van der Waals surface area (Å²) in [6.45, 7) is 3.94. The fraction of sp³-hybridized carbons (Fsp3) is 0.154. The van der Waals surface area contributed by atoms with Crippen molar-refractivity contribution in [3.63, 3.8) is 0 Å². The summed E-state index contributed by atoms with van der Waals surface area (Å²) in [5.41, 5.74) is 3.75. The Bertz CT molecular complexity index is 536. The number of aryl methyl sites for hydroxylation is 2. The van der Waals surface area contributed by atoms with Crippen LogP contribution in [0.3, 0.4) is 0 Å². The van der Waals surface area contributed by atoms with Gasteiger partial charge < -0.3 is 0 Å². The summed E-state index contributed by atoms with van der Waals surface area (Å²) < 4.78 is 0. The Labute approximate surface area is 115 Å². The molecule has 1 heterocycles. The molecular weight excluding hydrogens is 277 g/mol. The molecule has 1 aromatic carbocycles. The minimum Gasteiger partial charge on any atom is -0.261 e. The predicted octanol–water partition coefficient (Wildman–Crippen LogP) is 5.33. The Morgan fingerprint density at radius 3 is 2.06 bits per heavy atom. The van der Waals surface area contributed by atoms with Crippen LogP contribution in [0, 0.1) is 13.8 Å². The number of hydrogen-bond acceptors (Lipinski definition) is 1. The molecule has 0 aliphatic carbocycles. The topological polar surface area (TPSA) is 12.9 Å². The fourth-order valence-corrected chi connectivity index (χ4v) is 2.86. The van der Waals surface area contributed by atoms with Gasteiger partial charge in [-0.25, -0.2) is 0 Å². The summed E-state index contributed by atoms with van der Waals surface area (Å²) in [5.74, 6) is 0. The van der Waals surface area contributed by atoms with Crippen LogP contribution in [0.2, 0.25) is 15.1 Å². The summed E-state index contributed by atoms with van der Waals surface area (Å²) >= 11 is 18.3. The van der Waals surface area contributed by atoms with E-state index in [-0.39, 0.29) is 0 Å². The normalized spacial score (nSPS) is 10.6. The fourth-order valence-electron chi connectivity index (χ4n) is 1.85. The first kappa shape index (κ1) is 12.7. The summed E-state index contributed by atoms with van der Waals surface area (Å²) in [7, 11) is 0. The van der Waals surface area contributed by atoms with E-state index in [9.17, 15) is 0 Å². The molecule has 1 nitrogen and oxygen atoms in total. The Hall–Kier alpha value is -0.760. The number of nitrogens with zero attached hydrogens (tertiary/aromatic N) is 1. The van der Waals surface area contributed by atoms with E-state index in [2.05, 4.69) is 4.98 Å². The van der Waals surface area contributed by atoms with E-state index in [1.807, 2.05) is 19.9 Å². The van der Waals surface area contributed by atoms with Gasteiger partial charge in [-0.2, -0.15) is 0 Å². The Morgan fingerprint density at radius 1 is 0.941 bits per heavy atom. The molecule has 17 heavy (non-hydrogen) atoms. The highest BCUT2D eigenvalue weighted by molar-refractivity contribution is 6.41. The van der Waals surface area contributed by atoms with Crippen molar-refractivity contribution in [1.29, 1.82) is 0 Å². The molecule has 0 atom stereocenters. The van der Waals surface area contributed by atoms with E-state index in [0.717, 1.165) is 22.4 Å². The van der Waals surface area contributed by atoms with Gasteiger partial charge in [-0.3, -0.25) is 4.98 Å². The molecule has 0 amide bonds. The van der Waals surface area contributed by atoms with E-state index >= 15 is 0 Å². The lowest BCUT2D eigenvalue weighted by atomic mass is 9.99. The van der Waals surface area contributed by atoms with Crippen LogP contribution in [0.1, 0.15) is 11.3 Å². The van der Waals surface area contributed by atoms with Crippen molar-refractivity contribution in [2.75, 3.05) is 0 Å². The van der Waals surface area contributed by atoms with Crippen molar-refractivity contribution < 1.29 is 0 Å². The van der Waals surface area contributed by atoms with Crippen molar-refractivity contribution in [2.24, 2.45) is 0 Å². The van der Waals surface area contributed by atoms with Crippen LogP contribution in [0.4, 0.5) is 0 Å². The number of halogens is 3. The van der Waals surface area contributed by atoms with Gasteiger partial charge >= 0.3 is 0 Å². The maximum Gasteiger partial charge on any atom is 0.0514 e. The van der Waals surface area contributed by atoms with E-state index in [1.165, 1.54) is 0 Å². The molecule has 0 radical (unpaired) electrons. The second-order valence-electron chi connectivity index (χ2n) is 3.83. The number of pyridine rings is 1. The molecule has 0 fully saturated rings. The van der Waals surface area contributed by atoms with Crippen molar-refractivity contribution in [3.8, 4) is 11.1 Å². The second-order valence-corrected chi connectivity index (χ2v) is 5.08. The summed E-state index contributed by atoms with van der Waals surface area (Å²) in [6.07, 6.45) is 1.77. The number of hydrogen-bond donors (Lipinski definition) is 0. The van der Waals surface area contributed by atoms with Gasteiger partial charge in [-0.1, -0.05) is 34.8 Å². The lowest BCUT2D eigenvalue weighted by Gasteiger charge is -2.12. The molecule has 0 saturated heterocycles. The van der Waals surface area contributed by atoms with Crippen molar-refractivity contribution in [1.82, 2.24) is 4.98 Å². The van der Waals surface area contributed by atoms with Crippen molar-refractivity contribution in [3.05, 3.63) is 50.7 Å². The minimum atomic E-state index is 0.531. The summed E-state index contributed by atoms with van der Waals surface area (Å²) in [5, 5.41) is 1.62. The first-order chi connectivity index (χ1) is 8.00. The van der Waals surface area contributed by atoms with Crippen LogP contribution < -0.4 is 0 Å². The predicted molar refractivity (Wildman–Crippen MR) is 74.2 cm³/mol. The van der Waals surface area contributed by atoms with Gasteiger partial charge in [0.2, 0.25) is 0 Å². The molecule has 0 N–H and O–H groups in total. The van der Waals surface area contributed by atoms with Crippen LogP contribution in [-0.2, 0) is 0 Å². The van der Waals surface area contributed by atoms with Gasteiger partial charge in [0.25, 0.3) is 0 Å². The number of rotatable bonds is 1. The first-order valence-corrected chi connectivity index (χ1v) is 6.21. The maximum absolute atomic E-state index is 6.22. The minimum absolute atomic E-state index is 0.531. The van der Waals surface area contributed by atoms with Gasteiger partial charge in [0.1, 0.15) is 0 Å². The maximum atomic E-state index is 6.22. The largest absolute Gasteiger partial charge is 0.261 e. The zero-order chi connectivity index (χ0) is 12.6. The second kappa shape index (κ2) is 4.85. The molecule has 88 valence electrons. The average Bonchev–Trinajstić information content (AvgIpc) is 2.21. The number of benzene rings is 1. The van der Waals surface area contributed by atoms with Gasteiger partial charge in [-0.15, -0.1) is 0 Å². The molecule has 0 saturated carbocycles. The summed E-state index contributed by atoms with van der Waals surface area (Å²) in [4.78, 5) is 4.27. The molecule has 0 aliphatic rings. The van der Waals surface area contributed by atoms with E-state index in [1.54, 1.807) is 18.3 Å².